The largest absolute Gasteiger partial charge is 0.354 e. The van der Waals surface area contributed by atoms with Crippen LogP contribution in [0.25, 0.3) is 0 Å². The highest BCUT2D eigenvalue weighted by molar-refractivity contribution is 8.00. The lowest BCUT2D eigenvalue weighted by Crippen LogP contribution is -2.32. The Balaban J connectivity index is 2.02. The normalized spacial score (nSPS) is 19.3. The van der Waals surface area contributed by atoms with E-state index in [0.717, 1.165) is 25.9 Å². The van der Waals surface area contributed by atoms with Gasteiger partial charge in [-0.3, -0.25) is 9.00 Å². The summed E-state index contributed by atoms with van der Waals surface area (Å²) < 4.78 is 10.8. The predicted octanol–water partition coefficient (Wildman–Crippen LogP) is -0.0337. The highest BCUT2D eigenvalue weighted by Gasteiger charge is 2.14. The SMILES string of the molecule is CS(=O)CCNC(=O)CSC1CCNCC1. The molecule has 0 aliphatic carbocycles. The van der Waals surface area contributed by atoms with Gasteiger partial charge in [0.2, 0.25) is 5.91 Å². The fourth-order valence-electron chi connectivity index (χ4n) is 1.54. The van der Waals surface area contributed by atoms with Gasteiger partial charge >= 0.3 is 0 Å². The first-order valence-corrected chi connectivity index (χ1v) is 8.35. The summed E-state index contributed by atoms with van der Waals surface area (Å²) in [6.45, 7) is 2.65. The molecule has 1 saturated heterocycles. The molecule has 0 radical (unpaired) electrons. The number of hydrogen-bond donors (Lipinski definition) is 2. The summed E-state index contributed by atoms with van der Waals surface area (Å²) in [5.41, 5.74) is 0. The Hall–Kier alpha value is -0.0700. The molecule has 1 amide bonds. The zero-order chi connectivity index (χ0) is 11.8. The van der Waals surface area contributed by atoms with E-state index < -0.39 is 10.8 Å². The summed E-state index contributed by atoms with van der Waals surface area (Å²) in [7, 11) is -0.820. The van der Waals surface area contributed by atoms with Crippen LogP contribution in [0.15, 0.2) is 0 Å². The lowest BCUT2D eigenvalue weighted by Gasteiger charge is -2.21. The lowest BCUT2D eigenvalue weighted by atomic mass is 10.2. The summed E-state index contributed by atoms with van der Waals surface area (Å²) in [6.07, 6.45) is 3.95. The van der Waals surface area contributed by atoms with Gasteiger partial charge in [-0.1, -0.05) is 0 Å². The standard InChI is InChI=1S/C10H20N2O2S2/c1-16(14)7-6-12-10(13)8-15-9-2-4-11-5-3-9/h9,11H,2-8H2,1H3,(H,12,13). The maximum atomic E-state index is 11.4. The van der Waals surface area contributed by atoms with Crippen LogP contribution in [0, 0.1) is 0 Å². The van der Waals surface area contributed by atoms with Crippen LogP contribution in [-0.2, 0) is 15.6 Å². The van der Waals surface area contributed by atoms with Crippen LogP contribution in [0.5, 0.6) is 0 Å². The molecule has 16 heavy (non-hydrogen) atoms. The van der Waals surface area contributed by atoms with Gasteiger partial charge in [0.25, 0.3) is 0 Å². The topological polar surface area (TPSA) is 58.2 Å². The Morgan fingerprint density at radius 1 is 1.50 bits per heavy atom. The molecule has 0 spiro atoms. The molecule has 4 nitrogen and oxygen atoms in total. The third-order valence-electron chi connectivity index (χ3n) is 2.45. The highest BCUT2D eigenvalue weighted by Crippen LogP contribution is 2.19. The van der Waals surface area contributed by atoms with E-state index >= 15 is 0 Å². The molecule has 0 aromatic heterocycles. The number of carbonyl (C=O) groups excluding carboxylic acids is 1. The van der Waals surface area contributed by atoms with Crippen LogP contribution in [0.3, 0.4) is 0 Å². The van der Waals surface area contributed by atoms with Crippen molar-refractivity contribution in [1.29, 1.82) is 0 Å². The van der Waals surface area contributed by atoms with E-state index in [-0.39, 0.29) is 5.91 Å². The summed E-state index contributed by atoms with van der Waals surface area (Å²) >= 11 is 1.74. The van der Waals surface area contributed by atoms with Crippen LogP contribution in [-0.4, -0.2) is 52.8 Å². The van der Waals surface area contributed by atoms with Gasteiger partial charge in [-0.2, -0.15) is 0 Å². The molecule has 94 valence electrons. The van der Waals surface area contributed by atoms with E-state index in [1.807, 2.05) is 0 Å². The summed E-state index contributed by atoms with van der Waals surface area (Å²) in [5.74, 6) is 1.14. The number of piperidine rings is 1. The molecule has 1 aliphatic heterocycles. The van der Waals surface area contributed by atoms with Gasteiger partial charge < -0.3 is 10.6 Å². The highest BCUT2D eigenvalue weighted by atomic mass is 32.2. The van der Waals surface area contributed by atoms with Crippen molar-refractivity contribution >= 4 is 28.5 Å². The fourth-order valence-corrected chi connectivity index (χ4v) is 2.99. The van der Waals surface area contributed by atoms with Crippen molar-refractivity contribution in [1.82, 2.24) is 10.6 Å². The molecule has 0 aromatic carbocycles. The summed E-state index contributed by atoms with van der Waals surface area (Å²) in [5, 5.41) is 6.70. The average molecular weight is 264 g/mol. The third kappa shape index (κ3) is 6.50. The second-order valence-electron chi connectivity index (χ2n) is 3.89. The van der Waals surface area contributed by atoms with Gasteiger partial charge in [0, 0.05) is 34.6 Å². The molecule has 0 aromatic rings. The molecular weight excluding hydrogens is 244 g/mol. The molecule has 1 fully saturated rings. The Kier molecular flexibility index (Phi) is 7.07. The Morgan fingerprint density at radius 2 is 2.19 bits per heavy atom. The third-order valence-corrected chi connectivity index (χ3v) is 4.60. The Bertz CT molecular complexity index is 243. The van der Waals surface area contributed by atoms with Crippen molar-refractivity contribution in [3.63, 3.8) is 0 Å². The van der Waals surface area contributed by atoms with E-state index in [0.29, 0.717) is 23.3 Å². The van der Waals surface area contributed by atoms with Crippen LogP contribution < -0.4 is 10.6 Å². The van der Waals surface area contributed by atoms with E-state index in [2.05, 4.69) is 10.6 Å². The predicted molar refractivity (Wildman–Crippen MR) is 70.3 cm³/mol. The second-order valence-corrected chi connectivity index (χ2v) is 6.73. The number of hydrogen-bond acceptors (Lipinski definition) is 4. The van der Waals surface area contributed by atoms with E-state index in [9.17, 15) is 9.00 Å². The average Bonchev–Trinajstić information content (AvgIpc) is 2.27. The van der Waals surface area contributed by atoms with Gasteiger partial charge in [-0.15, -0.1) is 11.8 Å². The molecule has 0 bridgehead atoms. The summed E-state index contributed by atoms with van der Waals surface area (Å²) in [6, 6.07) is 0. The number of nitrogens with one attached hydrogen (secondary N) is 2. The molecule has 1 heterocycles. The minimum Gasteiger partial charge on any atom is -0.354 e. The lowest BCUT2D eigenvalue weighted by molar-refractivity contribution is -0.118. The quantitative estimate of drug-likeness (QED) is 0.707. The second kappa shape index (κ2) is 8.08. The first kappa shape index (κ1) is 14.0. The first-order valence-electron chi connectivity index (χ1n) is 5.57. The van der Waals surface area contributed by atoms with Crippen molar-refractivity contribution in [2.45, 2.75) is 18.1 Å². The number of amides is 1. The minimum absolute atomic E-state index is 0.0639. The molecule has 1 rings (SSSR count). The zero-order valence-corrected chi connectivity index (χ0v) is 11.3. The molecule has 0 saturated carbocycles. The van der Waals surface area contributed by atoms with Crippen LogP contribution in [0.1, 0.15) is 12.8 Å². The van der Waals surface area contributed by atoms with E-state index in [1.165, 1.54) is 0 Å². The minimum atomic E-state index is -0.820. The number of thioether (sulfide) groups is 1. The number of carbonyl (C=O) groups is 1. The van der Waals surface area contributed by atoms with Crippen molar-refractivity contribution < 1.29 is 9.00 Å². The molecule has 1 aliphatic rings. The molecule has 1 atom stereocenters. The van der Waals surface area contributed by atoms with Crippen LogP contribution in [0.2, 0.25) is 0 Å². The first-order chi connectivity index (χ1) is 7.68. The van der Waals surface area contributed by atoms with Gasteiger partial charge in [0.1, 0.15) is 0 Å². The smallest absolute Gasteiger partial charge is 0.230 e. The van der Waals surface area contributed by atoms with Gasteiger partial charge in [0.05, 0.1) is 5.75 Å². The van der Waals surface area contributed by atoms with Crippen molar-refractivity contribution in [2.24, 2.45) is 0 Å². The van der Waals surface area contributed by atoms with Crippen molar-refractivity contribution in [3.8, 4) is 0 Å². The molecule has 1 unspecified atom stereocenters. The zero-order valence-electron chi connectivity index (χ0n) is 9.66. The van der Waals surface area contributed by atoms with E-state index in [4.69, 9.17) is 0 Å². The fraction of sp³-hybridized carbons (Fsp3) is 0.900. The van der Waals surface area contributed by atoms with Gasteiger partial charge in [-0.25, -0.2) is 0 Å². The summed E-state index contributed by atoms with van der Waals surface area (Å²) in [4.78, 5) is 11.4. The Morgan fingerprint density at radius 3 is 2.81 bits per heavy atom. The maximum absolute atomic E-state index is 11.4. The van der Waals surface area contributed by atoms with E-state index in [1.54, 1.807) is 18.0 Å². The molecular formula is C10H20N2O2S2. The monoisotopic (exact) mass is 264 g/mol. The van der Waals surface area contributed by atoms with Crippen LogP contribution >= 0.6 is 11.8 Å². The van der Waals surface area contributed by atoms with Crippen molar-refractivity contribution in [2.75, 3.05) is 37.4 Å². The van der Waals surface area contributed by atoms with Gasteiger partial charge in [-0.05, 0) is 25.9 Å². The van der Waals surface area contributed by atoms with Gasteiger partial charge in [0.15, 0.2) is 0 Å². The molecule has 6 heteroatoms. The number of rotatable bonds is 6. The molecule has 2 N–H and O–H groups in total. The Labute approximate surface area is 104 Å². The van der Waals surface area contributed by atoms with Crippen molar-refractivity contribution in [3.05, 3.63) is 0 Å². The maximum Gasteiger partial charge on any atom is 0.230 e. The van der Waals surface area contributed by atoms with Crippen LogP contribution in [0.4, 0.5) is 0 Å².